The Balaban J connectivity index is 1.57. The molecule has 1 aliphatic heterocycles. The summed E-state index contributed by atoms with van der Waals surface area (Å²) < 4.78 is 7.42. The topological polar surface area (TPSA) is 89.4 Å². The van der Waals surface area contributed by atoms with Crippen LogP contribution in [-0.2, 0) is 11.3 Å². The van der Waals surface area contributed by atoms with Crippen molar-refractivity contribution in [2.24, 2.45) is 0 Å². The van der Waals surface area contributed by atoms with E-state index in [9.17, 15) is 9.59 Å². The summed E-state index contributed by atoms with van der Waals surface area (Å²) >= 11 is 0. The van der Waals surface area contributed by atoms with Crippen molar-refractivity contribution in [2.75, 3.05) is 13.1 Å². The minimum Gasteiger partial charge on any atom is -0.444 e. The van der Waals surface area contributed by atoms with Gasteiger partial charge in [-0.05, 0) is 70.4 Å². The third-order valence-corrected chi connectivity index (χ3v) is 5.99. The van der Waals surface area contributed by atoms with Crippen molar-refractivity contribution in [1.29, 1.82) is 0 Å². The van der Waals surface area contributed by atoms with Crippen molar-refractivity contribution in [3.05, 3.63) is 77.4 Å². The molecule has 0 radical (unpaired) electrons. The number of pyridine rings is 1. The molecular weight excluding hydrogens is 442 g/mol. The summed E-state index contributed by atoms with van der Waals surface area (Å²) in [7, 11) is 0. The molecule has 184 valence electrons. The molecule has 0 bridgehead atoms. The highest BCUT2D eigenvalue weighted by Crippen LogP contribution is 2.33. The predicted molar refractivity (Wildman–Crippen MR) is 133 cm³/mol. The van der Waals surface area contributed by atoms with E-state index in [4.69, 9.17) is 4.74 Å². The lowest BCUT2D eigenvalue weighted by atomic mass is 9.90. The summed E-state index contributed by atoms with van der Waals surface area (Å²) in [5.74, 6) is -0.105. The number of aryl methyl sites for hydroxylation is 1. The number of aromatic nitrogens is 3. The molecule has 8 heteroatoms. The fourth-order valence-corrected chi connectivity index (χ4v) is 4.32. The molecule has 1 N–H and O–H groups in total. The van der Waals surface area contributed by atoms with Gasteiger partial charge in [0.05, 0.1) is 35.4 Å². The SMILES string of the molecule is Cc1cccc(-n2ncc(C(=O)NCc3ccccn3)c2C2CCN(C(=O)OC(C)(C)C)CC2)c1. The van der Waals surface area contributed by atoms with Crippen LogP contribution in [0.2, 0.25) is 0 Å². The Morgan fingerprint density at radius 1 is 1.11 bits per heavy atom. The van der Waals surface area contributed by atoms with Crippen LogP contribution in [0.15, 0.2) is 54.9 Å². The van der Waals surface area contributed by atoms with Crippen LogP contribution in [0.25, 0.3) is 5.69 Å². The first-order chi connectivity index (χ1) is 16.7. The second-order valence-corrected chi connectivity index (χ2v) is 9.94. The summed E-state index contributed by atoms with van der Waals surface area (Å²) in [6.07, 6.45) is 4.50. The second-order valence-electron chi connectivity index (χ2n) is 9.94. The van der Waals surface area contributed by atoms with Gasteiger partial charge in [-0.2, -0.15) is 5.10 Å². The van der Waals surface area contributed by atoms with Crippen LogP contribution in [0.3, 0.4) is 0 Å². The van der Waals surface area contributed by atoms with Crippen LogP contribution in [0.1, 0.15) is 66.8 Å². The van der Waals surface area contributed by atoms with Crippen LogP contribution in [0.4, 0.5) is 4.79 Å². The summed E-state index contributed by atoms with van der Waals surface area (Å²) in [5.41, 5.74) is 3.72. The molecule has 0 saturated carbocycles. The Morgan fingerprint density at radius 3 is 2.54 bits per heavy atom. The van der Waals surface area contributed by atoms with E-state index in [1.54, 1.807) is 17.3 Å². The molecule has 3 heterocycles. The van der Waals surface area contributed by atoms with Crippen molar-refractivity contribution in [3.8, 4) is 5.69 Å². The quantitative estimate of drug-likeness (QED) is 0.582. The summed E-state index contributed by atoms with van der Waals surface area (Å²) in [4.78, 5) is 31.8. The van der Waals surface area contributed by atoms with Gasteiger partial charge >= 0.3 is 6.09 Å². The maximum Gasteiger partial charge on any atom is 0.410 e. The van der Waals surface area contributed by atoms with E-state index in [0.29, 0.717) is 25.2 Å². The maximum absolute atomic E-state index is 13.2. The van der Waals surface area contributed by atoms with Crippen LogP contribution >= 0.6 is 0 Å². The molecular formula is C27H33N5O3. The van der Waals surface area contributed by atoms with Gasteiger partial charge in [-0.15, -0.1) is 0 Å². The van der Waals surface area contributed by atoms with Crippen molar-refractivity contribution in [3.63, 3.8) is 0 Å². The normalized spacial score (nSPS) is 14.6. The molecule has 2 amide bonds. The standard InChI is InChI=1S/C27H33N5O3/c1-19-8-7-10-22(16-19)32-24(20-11-14-31(15-12-20)26(34)35-27(2,3)4)23(18-30-32)25(33)29-17-21-9-5-6-13-28-21/h5-10,13,16,18,20H,11-12,14-15,17H2,1-4H3,(H,29,33). The number of piperidine rings is 1. The van der Waals surface area contributed by atoms with Gasteiger partial charge in [-0.25, -0.2) is 9.48 Å². The fraction of sp³-hybridized carbons (Fsp3) is 0.407. The van der Waals surface area contributed by atoms with Crippen molar-refractivity contribution >= 4 is 12.0 Å². The molecule has 0 atom stereocenters. The van der Waals surface area contributed by atoms with E-state index in [1.807, 2.05) is 68.8 Å². The van der Waals surface area contributed by atoms with Crippen molar-refractivity contribution < 1.29 is 14.3 Å². The molecule has 1 fully saturated rings. The van der Waals surface area contributed by atoms with Crippen molar-refractivity contribution in [1.82, 2.24) is 25.0 Å². The first-order valence-corrected chi connectivity index (χ1v) is 12.0. The summed E-state index contributed by atoms with van der Waals surface area (Å²) in [6.45, 7) is 9.11. The van der Waals surface area contributed by atoms with E-state index in [0.717, 1.165) is 35.5 Å². The molecule has 0 spiro atoms. The Hall–Kier alpha value is -3.68. The first kappa shape index (κ1) is 24.4. The first-order valence-electron chi connectivity index (χ1n) is 12.0. The zero-order chi connectivity index (χ0) is 25.0. The number of hydrogen-bond acceptors (Lipinski definition) is 5. The Bertz CT molecular complexity index is 1180. The van der Waals surface area contributed by atoms with Gasteiger partial charge in [0.1, 0.15) is 5.60 Å². The summed E-state index contributed by atoms with van der Waals surface area (Å²) in [5, 5.41) is 7.60. The number of carbonyl (C=O) groups excluding carboxylic acids is 2. The average molecular weight is 476 g/mol. The Labute approximate surface area is 206 Å². The molecule has 1 aromatic carbocycles. The van der Waals surface area contributed by atoms with Gasteiger partial charge in [-0.1, -0.05) is 18.2 Å². The Kier molecular flexibility index (Phi) is 7.19. The van der Waals surface area contributed by atoms with Crippen LogP contribution < -0.4 is 5.32 Å². The fourth-order valence-electron chi connectivity index (χ4n) is 4.32. The molecule has 8 nitrogen and oxygen atoms in total. The third kappa shape index (κ3) is 6.07. The molecule has 35 heavy (non-hydrogen) atoms. The molecule has 0 unspecified atom stereocenters. The van der Waals surface area contributed by atoms with Crippen LogP contribution in [0, 0.1) is 6.92 Å². The number of nitrogens with one attached hydrogen (secondary N) is 1. The number of benzene rings is 1. The average Bonchev–Trinajstić information content (AvgIpc) is 3.27. The molecule has 1 saturated heterocycles. The maximum atomic E-state index is 13.2. The minimum absolute atomic E-state index is 0.0762. The zero-order valence-corrected chi connectivity index (χ0v) is 20.8. The Morgan fingerprint density at radius 2 is 1.89 bits per heavy atom. The van der Waals surface area contributed by atoms with E-state index >= 15 is 0 Å². The van der Waals surface area contributed by atoms with Gasteiger partial charge in [0, 0.05) is 25.2 Å². The second kappa shape index (κ2) is 10.3. The smallest absolute Gasteiger partial charge is 0.410 e. The largest absolute Gasteiger partial charge is 0.444 e. The molecule has 3 aromatic rings. The number of ether oxygens (including phenoxy) is 1. The highest BCUT2D eigenvalue weighted by atomic mass is 16.6. The number of likely N-dealkylation sites (tertiary alicyclic amines) is 1. The predicted octanol–water partition coefficient (Wildman–Crippen LogP) is 4.62. The number of nitrogens with zero attached hydrogens (tertiary/aromatic N) is 4. The van der Waals surface area contributed by atoms with Gasteiger partial charge in [0.15, 0.2) is 0 Å². The molecule has 1 aliphatic rings. The monoisotopic (exact) mass is 475 g/mol. The zero-order valence-electron chi connectivity index (χ0n) is 20.8. The van der Waals surface area contributed by atoms with Gasteiger partial charge in [0.25, 0.3) is 5.91 Å². The van der Waals surface area contributed by atoms with Crippen molar-refractivity contribution in [2.45, 2.75) is 58.6 Å². The van der Waals surface area contributed by atoms with E-state index in [1.165, 1.54) is 0 Å². The lowest BCUT2D eigenvalue weighted by molar-refractivity contribution is 0.0203. The van der Waals surface area contributed by atoms with E-state index in [2.05, 4.69) is 21.5 Å². The lowest BCUT2D eigenvalue weighted by Gasteiger charge is -2.34. The number of rotatable bonds is 5. The minimum atomic E-state index is -0.531. The molecule has 4 rings (SSSR count). The van der Waals surface area contributed by atoms with Crippen LogP contribution in [-0.4, -0.2) is 50.4 Å². The van der Waals surface area contributed by atoms with E-state index in [-0.39, 0.29) is 17.9 Å². The van der Waals surface area contributed by atoms with Gasteiger partial charge in [-0.3, -0.25) is 9.78 Å². The molecule has 2 aromatic heterocycles. The summed E-state index contributed by atoms with van der Waals surface area (Å²) in [6, 6.07) is 13.7. The highest BCUT2D eigenvalue weighted by molar-refractivity contribution is 5.95. The number of hydrogen-bond donors (Lipinski definition) is 1. The molecule has 0 aliphatic carbocycles. The lowest BCUT2D eigenvalue weighted by Crippen LogP contribution is -2.41. The van der Waals surface area contributed by atoms with Crippen LogP contribution in [0.5, 0.6) is 0 Å². The number of amides is 2. The highest BCUT2D eigenvalue weighted by Gasteiger charge is 2.32. The van der Waals surface area contributed by atoms with E-state index < -0.39 is 5.60 Å². The van der Waals surface area contributed by atoms with Gasteiger partial charge in [0.2, 0.25) is 0 Å². The third-order valence-electron chi connectivity index (χ3n) is 5.99. The van der Waals surface area contributed by atoms with Gasteiger partial charge < -0.3 is 15.0 Å². The number of carbonyl (C=O) groups is 2.